The minimum absolute atomic E-state index is 0.283. The largest absolute Gasteiger partial charge is 0.396 e. The highest BCUT2D eigenvalue weighted by atomic mass is 16.5. The average Bonchev–Trinajstić information content (AvgIpc) is 2.74. The van der Waals surface area contributed by atoms with Crippen molar-refractivity contribution in [3.63, 3.8) is 0 Å². The Morgan fingerprint density at radius 2 is 0.483 bits per heavy atom. The van der Waals surface area contributed by atoms with Crippen LogP contribution in [0, 0.1) is 0 Å². The van der Waals surface area contributed by atoms with Crippen molar-refractivity contribution in [3.05, 3.63) is 0 Å². The van der Waals surface area contributed by atoms with Gasteiger partial charge in [-0.1, -0.05) is 38.5 Å². The van der Waals surface area contributed by atoms with E-state index in [0.717, 1.165) is 110 Å². The molecule has 6 heteroatoms. The average molecular weight is 423 g/mol. The van der Waals surface area contributed by atoms with Crippen molar-refractivity contribution in [2.45, 2.75) is 96.3 Å². The van der Waals surface area contributed by atoms with Gasteiger partial charge in [-0.3, -0.25) is 0 Å². The Hall–Kier alpha value is -0.240. The molecule has 0 aliphatic heterocycles. The van der Waals surface area contributed by atoms with Gasteiger partial charge < -0.3 is 29.9 Å². The van der Waals surface area contributed by atoms with Crippen LogP contribution in [0.15, 0.2) is 0 Å². The molecule has 0 atom stereocenters. The molecule has 0 spiro atoms. The number of hydrogen-bond donors (Lipinski definition) is 4. The summed E-state index contributed by atoms with van der Waals surface area (Å²) in [4.78, 5) is 0. The van der Waals surface area contributed by atoms with Crippen LogP contribution in [-0.4, -0.2) is 73.3 Å². The topological polar surface area (TPSA) is 99.4 Å². The number of ether oxygens (including phenoxy) is 2. The van der Waals surface area contributed by atoms with Crippen molar-refractivity contribution < 1.29 is 29.9 Å². The molecule has 0 aromatic carbocycles. The Morgan fingerprint density at radius 3 is 0.724 bits per heavy atom. The van der Waals surface area contributed by atoms with Gasteiger partial charge in [-0.15, -0.1) is 0 Å². The van der Waals surface area contributed by atoms with Crippen LogP contribution in [0.5, 0.6) is 0 Å². The molecule has 0 aliphatic carbocycles. The molecule has 0 saturated heterocycles. The van der Waals surface area contributed by atoms with Crippen molar-refractivity contribution in [2.75, 3.05) is 52.9 Å². The molecular formula is C23H50O6. The smallest absolute Gasteiger partial charge is 0.0466 e. The lowest BCUT2D eigenvalue weighted by molar-refractivity contribution is 0.116. The molecular weight excluding hydrogens is 372 g/mol. The third kappa shape index (κ3) is 35.6. The summed E-state index contributed by atoms with van der Waals surface area (Å²) in [7, 11) is 0. The number of rotatable bonds is 23. The summed E-state index contributed by atoms with van der Waals surface area (Å²) in [5.74, 6) is 0. The van der Waals surface area contributed by atoms with E-state index in [9.17, 15) is 0 Å². The standard InChI is InChI=1S/C17H36O4.C6H14O2/c18-12-6-1-2-8-14-20-15-9-3-4-10-16-21-17-11-5-7-13-19;7-5-3-1-2-4-6-8/h18-19H,1-17H2;7-8H,1-6H2. The fourth-order valence-corrected chi connectivity index (χ4v) is 2.71. The monoisotopic (exact) mass is 422 g/mol. The first-order valence-electron chi connectivity index (χ1n) is 11.9. The SMILES string of the molecule is OCCCCCCO.OCCCCCCOCCCCCCOCCCCCO. The van der Waals surface area contributed by atoms with Gasteiger partial charge >= 0.3 is 0 Å². The van der Waals surface area contributed by atoms with E-state index in [1.54, 1.807) is 0 Å². The molecule has 0 radical (unpaired) electrons. The molecule has 29 heavy (non-hydrogen) atoms. The Kier molecular flexibility index (Phi) is 34.6. The van der Waals surface area contributed by atoms with Crippen LogP contribution < -0.4 is 0 Å². The van der Waals surface area contributed by atoms with Crippen LogP contribution in [0.3, 0.4) is 0 Å². The normalized spacial score (nSPS) is 10.8. The zero-order chi connectivity index (χ0) is 21.7. The lowest BCUT2D eigenvalue weighted by Gasteiger charge is -2.05. The van der Waals surface area contributed by atoms with E-state index in [1.165, 1.54) is 12.8 Å². The number of aliphatic hydroxyl groups is 4. The lowest BCUT2D eigenvalue weighted by Crippen LogP contribution is -1.99. The molecule has 178 valence electrons. The Bertz CT molecular complexity index is 230. The summed E-state index contributed by atoms with van der Waals surface area (Å²) in [6.07, 6.45) is 15.9. The van der Waals surface area contributed by atoms with Gasteiger partial charge in [0, 0.05) is 52.9 Å². The summed E-state index contributed by atoms with van der Waals surface area (Å²) < 4.78 is 11.1. The Morgan fingerprint density at radius 1 is 0.276 bits per heavy atom. The molecule has 0 bridgehead atoms. The molecule has 0 aromatic rings. The highest BCUT2D eigenvalue weighted by molar-refractivity contribution is 4.45. The highest BCUT2D eigenvalue weighted by Gasteiger charge is 1.94. The van der Waals surface area contributed by atoms with Gasteiger partial charge in [0.1, 0.15) is 0 Å². The third-order valence-electron chi connectivity index (χ3n) is 4.54. The molecule has 0 rings (SSSR count). The van der Waals surface area contributed by atoms with Crippen molar-refractivity contribution in [1.29, 1.82) is 0 Å². The molecule has 0 heterocycles. The zero-order valence-electron chi connectivity index (χ0n) is 18.9. The summed E-state index contributed by atoms with van der Waals surface area (Å²) in [6, 6.07) is 0. The zero-order valence-corrected chi connectivity index (χ0v) is 18.9. The molecule has 0 unspecified atom stereocenters. The first-order chi connectivity index (χ1) is 14.3. The molecule has 0 aromatic heterocycles. The van der Waals surface area contributed by atoms with Crippen LogP contribution in [0.2, 0.25) is 0 Å². The predicted octanol–water partition coefficient (Wildman–Crippen LogP) is 3.83. The van der Waals surface area contributed by atoms with Gasteiger partial charge in [0.05, 0.1) is 0 Å². The molecule has 0 aliphatic rings. The molecule has 6 nitrogen and oxygen atoms in total. The van der Waals surface area contributed by atoms with E-state index in [4.69, 9.17) is 29.9 Å². The maximum absolute atomic E-state index is 8.64. The second kappa shape index (κ2) is 32.4. The van der Waals surface area contributed by atoms with E-state index in [1.807, 2.05) is 0 Å². The Balaban J connectivity index is 0. The summed E-state index contributed by atoms with van der Waals surface area (Å²) in [5.41, 5.74) is 0. The van der Waals surface area contributed by atoms with Crippen molar-refractivity contribution in [1.82, 2.24) is 0 Å². The Labute approximate surface area is 179 Å². The highest BCUT2D eigenvalue weighted by Crippen LogP contribution is 2.03. The first-order valence-corrected chi connectivity index (χ1v) is 11.9. The summed E-state index contributed by atoms with van der Waals surface area (Å²) in [5, 5.41) is 33.9. The maximum Gasteiger partial charge on any atom is 0.0466 e. The van der Waals surface area contributed by atoms with Gasteiger partial charge in [-0.05, 0) is 57.8 Å². The van der Waals surface area contributed by atoms with E-state index < -0.39 is 0 Å². The van der Waals surface area contributed by atoms with Gasteiger partial charge in [0.15, 0.2) is 0 Å². The van der Waals surface area contributed by atoms with Gasteiger partial charge in [0.2, 0.25) is 0 Å². The number of unbranched alkanes of at least 4 members (excludes halogenated alkanes) is 11. The second-order valence-corrected chi connectivity index (χ2v) is 7.42. The minimum Gasteiger partial charge on any atom is -0.396 e. The van der Waals surface area contributed by atoms with E-state index in [2.05, 4.69) is 0 Å². The number of aliphatic hydroxyl groups excluding tert-OH is 4. The molecule has 0 amide bonds. The second-order valence-electron chi connectivity index (χ2n) is 7.42. The van der Waals surface area contributed by atoms with Gasteiger partial charge in [-0.2, -0.15) is 0 Å². The van der Waals surface area contributed by atoms with Crippen molar-refractivity contribution >= 4 is 0 Å². The van der Waals surface area contributed by atoms with Gasteiger partial charge in [0.25, 0.3) is 0 Å². The molecule has 0 fully saturated rings. The maximum atomic E-state index is 8.64. The van der Waals surface area contributed by atoms with E-state index in [-0.39, 0.29) is 13.2 Å². The fraction of sp³-hybridized carbons (Fsp3) is 1.00. The quantitative estimate of drug-likeness (QED) is 0.187. The minimum atomic E-state index is 0.283. The van der Waals surface area contributed by atoms with Gasteiger partial charge in [-0.25, -0.2) is 0 Å². The number of hydrogen-bond acceptors (Lipinski definition) is 6. The van der Waals surface area contributed by atoms with E-state index >= 15 is 0 Å². The fourth-order valence-electron chi connectivity index (χ4n) is 2.71. The van der Waals surface area contributed by atoms with Crippen molar-refractivity contribution in [2.24, 2.45) is 0 Å². The van der Waals surface area contributed by atoms with E-state index in [0.29, 0.717) is 13.2 Å². The predicted molar refractivity (Wildman–Crippen MR) is 119 cm³/mol. The molecule has 0 saturated carbocycles. The van der Waals surface area contributed by atoms with Crippen LogP contribution in [0.4, 0.5) is 0 Å². The van der Waals surface area contributed by atoms with Crippen LogP contribution in [0.1, 0.15) is 96.3 Å². The van der Waals surface area contributed by atoms with Crippen LogP contribution >= 0.6 is 0 Å². The van der Waals surface area contributed by atoms with Crippen LogP contribution in [-0.2, 0) is 9.47 Å². The summed E-state index contributed by atoms with van der Waals surface area (Å²) in [6.45, 7) is 4.61. The lowest BCUT2D eigenvalue weighted by atomic mass is 10.2. The van der Waals surface area contributed by atoms with Crippen molar-refractivity contribution in [3.8, 4) is 0 Å². The molecule has 4 N–H and O–H groups in total. The summed E-state index contributed by atoms with van der Waals surface area (Å²) >= 11 is 0. The third-order valence-corrected chi connectivity index (χ3v) is 4.54. The van der Waals surface area contributed by atoms with Crippen LogP contribution in [0.25, 0.3) is 0 Å². The first kappa shape index (κ1) is 30.9.